The Hall–Kier alpha value is -7.41. The van der Waals surface area contributed by atoms with Gasteiger partial charge >= 0.3 is 0 Å². The van der Waals surface area contributed by atoms with Crippen LogP contribution in [0.5, 0.6) is 0 Å². The standard InChI is InChI=1S/C53H34N4OS/c1-3-13-35(14-4-1)51-54-52(36-15-5-2-6-16-36)56-53(55-51)37-28-30-47-41(32-37)40-29-26-33(31-48(40)59-47)25-27-34-17-11-23-45-49(34)50-44(22-12-24-46(50)58-45)57-42-20-9-7-18-38(42)39-19-8-10-21-43(39)57/h1-24,26,28-32H,25,27H2. The van der Waals surface area contributed by atoms with Crippen molar-refractivity contribution in [2.45, 2.75) is 12.8 Å². The molecule has 0 bridgehead atoms. The second-order valence-electron chi connectivity index (χ2n) is 15.1. The number of fused-ring (bicyclic) bond motifs is 9. The summed E-state index contributed by atoms with van der Waals surface area (Å²) in [5.74, 6) is 1.99. The van der Waals surface area contributed by atoms with Gasteiger partial charge in [-0.05, 0) is 78.6 Å². The van der Waals surface area contributed by atoms with Crippen LogP contribution in [-0.2, 0) is 12.8 Å². The summed E-state index contributed by atoms with van der Waals surface area (Å²) in [5.41, 5.74) is 10.9. The fourth-order valence-electron chi connectivity index (χ4n) is 8.83. The molecule has 0 aliphatic carbocycles. The summed E-state index contributed by atoms with van der Waals surface area (Å²) in [6, 6.07) is 64.2. The minimum Gasteiger partial charge on any atom is -0.456 e. The fraction of sp³-hybridized carbons (Fsp3) is 0.0377. The summed E-state index contributed by atoms with van der Waals surface area (Å²) in [4.78, 5) is 14.9. The Balaban J connectivity index is 0.908. The van der Waals surface area contributed by atoms with Crippen LogP contribution in [0.15, 0.2) is 186 Å². The lowest BCUT2D eigenvalue weighted by atomic mass is 9.98. The molecule has 12 rings (SSSR count). The van der Waals surface area contributed by atoms with Crippen LogP contribution in [0.2, 0.25) is 0 Å². The largest absolute Gasteiger partial charge is 0.456 e. The van der Waals surface area contributed by atoms with Crippen LogP contribution >= 0.6 is 11.3 Å². The van der Waals surface area contributed by atoms with E-state index < -0.39 is 0 Å². The number of aryl methyl sites for hydroxylation is 2. The summed E-state index contributed by atoms with van der Waals surface area (Å²) < 4.78 is 11.5. The van der Waals surface area contributed by atoms with E-state index in [1.165, 1.54) is 58.5 Å². The maximum absolute atomic E-state index is 6.57. The highest BCUT2D eigenvalue weighted by Gasteiger charge is 2.20. The molecule has 59 heavy (non-hydrogen) atoms. The van der Waals surface area contributed by atoms with E-state index in [0.29, 0.717) is 17.5 Å². The van der Waals surface area contributed by atoms with Crippen LogP contribution in [0.25, 0.3) is 104 Å². The molecule has 0 unspecified atom stereocenters. The summed E-state index contributed by atoms with van der Waals surface area (Å²) in [7, 11) is 0. The van der Waals surface area contributed by atoms with Crippen molar-refractivity contribution in [2.75, 3.05) is 0 Å². The zero-order valence-corrected chi connectivity index (χ0v) is 32.7. The van der Waals surface area contributed by atoms with Crippen molar-refractivity contribution in [3.63, 3.8) is 0 Å². The maximum Gasteiger partial charge on any atom is 0.164 e. The molecule has 0 N–H and O–H groups in total. The minimum absolute atomic E-state index is 0.663. The molecule has 0 fully saturated rings. The van der Waals surface area contributed by atoms with Crippen molar-refractivity contribution < 1.29 is 4.42 Å². The quantitative estimate of drug-likeness (QED) is 0.162. The monoisotopic (exact) mass is 774 g/mol. The number of rotatable bonds is 7. The highest BCUT2D eigenvalue weighted by molar-refractivity contribution is 7.25. The molecule has 4 aromatic heterocycles. The number of para-hydroxylation sites is 2. The summed E-state index contributed by atoms with van der Waals surface area (Å²) in [6.07, 6.45) is 1.80. The molecule has 0 aliphatic heterocycles. The number of hydrogen-bond acceptors (Lipinski definition) is 5. The number of thiophene rings is 1. The molecule has 8 aromatic carbocycles. The smallest absolute Gasteiger partial charge is 0.164 e. The van der Waals surface area contributed by atoms with Crippen molar-refractivity contribution in [1.82, 2.24) is 19.5 Å². The highest BCUT2D eigenvalue weighted by Crippen LogP contribution is 2.41. The second kappa shape index (κ2) is 13.6. The molecule has 12 aromatic rings. The Morgan fingerprint density at radius 2 is 1.03 bits per heavy atom. The molecule has 0 atom stereocenters. The molecule has 278 valence electrons. The van der Waals surface area contributed by atoms with Crippen LogP contribution < -0.4 is 0 Å². The number of nitrogens with zero attached hydrogens (tertiary/aromatic N) is 4. The van der Waals surface area contributed by atoms with Gasteiger partial charge in [0.2, 0.25) is 0 Å². The summed E-state index contributed by atoms with van der Waals surface area (Å²) >= 11 is 1.84. The van der Waals surface area contributed by atoms with Crippen molar-refractivity contribution in [3.05, 3.63) is 193 Å². The van der Waals surface area contributed by atoms with Gasteiger partial charge in [-0.25, -0.2) is 15.0 Å². The van der Waals surface area contributed by atoms with E-state index >= 15 is 0 Å². The van der Waals surface area contributed by atoms with Gasteiger partial charge in [0.15, 0.2) is 17.5 Å². The Bertz CT molecular complexity index is 3450. The maximum atomic E-state index is 6.57. The lowest BCUT2D eigenvalue weighted by molar-refractivity contribution is 0.668. The Morgan fingerprint density at radius 3 is 1.73 bits per heavy atom. The first-order chi connectivity index (χ1) is 29.2. The van der Waals surface area contributed by atoms with Crippen molar-refractivity contribution in [1.29, 1.82) is 0 Å². The first-order valence-electron chi connectivity index (χ1n) is 20.0. The molecule has 6 heteroatoms. The van der Waals surface area contributed by atoms with Crippen molar-refractivity contribution in [2.24, 2.45) is 0 Å². The molecule has 0 aliphatic rings. The van der Waals surface area contributed by atoms with Gasteiger partial charge < -0.3 is 8.98 Å². The average Bonchev–Trinajstić information content (AvgIpc) is 3.98. The normalized spacial score (nSPS) is 11.9. The Morgan fingerprint density at radius 1 is 0.424 bits per heavy atom. The zero-order chi connectivity index (χ0) is 38.9. The molecule has 0 saturated heterocycles. The number of benzene rings is 8. The van der Waals surface area contributed by atoms with Gasteiger partial charge in [-0.3, -0.25) is 0 Å². The topological polar surface area (TPSA) is 56.7 Å². The predicted molar refractivity (Wildman–Crippen MR) is 244 cm³/mol. The summed E-state index contributed by atoms with van der Waals surface area (Å²) in [6.45, 7) is 0. The van der Waals surface area contributed by atoms with Gasteiger partial charge in [-0.2, -0.15) is 0 Å². The molecule has 4 heterocycles. The highest BCUT2D eigenvalue weighted by atomic mass is 32.1. The third kappa shape index (κ3) is 5.64. The second-order valence-corrected chi connectivity index (χ2v) is 16.2. The van der Waals surface area contributed by atoms with E-state index in [-0.39, 0.29) is 0 Å². The van der Waals surface area contributed by atoms with Crippen molar-refractivity contribution >= 4 is 75.3 Å². The van der Waals surface area contributed by atoms with Crippen LogP contribution in [0.1, 0.15) is 11.1 Å². The first-order valence-corrected chi connectivity index (χ1v) is 20.8. The van der Waals surface area contributed by atoms with Crippen LogP contribution in [0.3, 0.4) is 0 Å². The van der Waals surface area contributed by atoms with Gasteiger partial charge in [0.05, 0.1) is 22.1 Å². The molecule has 0 saturated carbocycles. The first kappa shape index (κ1) is 33.7. The minimum atomic E-state index is 0.663. The van der Waals surface area contributed by atoms with Gasteiger partial charge in [-0.1, -0.05) is 127 Å². The SMILES string of the molecule is c1ccc(-c2nc(-c3ccccc3)nc(-c3ccc4sc5cc(CCc6cccc7oc8cccc(-n9c%10ccccc%10c%10ccccc%109)c8c67)ccc5c4c3)n2)cc1. The molecular weight excluding hydrogens is 741 g/mol. The van der Waals surface area contributed by atoms with Gasteiger partial charge in [0.25, 0.3) is 0 Å². The Labute approximate surface area is 343 Å². The predicted octanol–water partition coefficient (Wildman–Crippen LogP) is 14.0. The van der Waals surface area contributed by atoms with Gasteiger partial charge in [-0.15, -0.1) is 11.3 Å². The van der Waals surface area contributed by atoms with E-state index in [1.807, 2.05) is 72.0 Å². The van der Waals surface area contributed by atoms with Gasteiger partial charge in [0, 0.05) is 53.0 Å². The summed E-state index contributed by atoms with van der Waals surface area (Å²) in [5, 5.41) is 7.31. The number of hydrogen-bond donors (Lipinski definition) is 0. The van der Waals surface area contributed by atoms with Crippen LogP contribution in [0.4, 0.5) is 0 Å². The van der Waals surface area contributed by atoms with Crippen molar-refractivity contribution in [3.8, 4) is 39.9 Å². The van der Waals surface area contributed by atoms with Crippen LogP contribution in [-0.4, -0.2) is 19.5 Å². The fourth-order valence-corrected chi connectivity index (χ4v) is 9.98. The van der Waals surface area contributed by atoms with Gasteiger partial charge in [0.1, 0.15) is 11.2 Å². The van der Waals surface area contributed by atoms with E-state index in [0.717, 1.165) is 51.8 Å². The van der Waals surface area contributed by atoms with E-state index in [9.17, 15) is 0 Å². The third-order valence-electron chi connectivity index (χ3n) is 11.6. The van der Waals surface area contributed by atoms with E-state index in [4.69, 9.17) is 19.4 Å². The van der Waals surface area contributed by atoms with E-state index in [2.05, 4.69) is 126 Å². The molecule has 0 amide bonds. The molecule has 0 radical (unpaired) electrons. The number of aromatic nitrogens is 4. The zero-order valence-electron chi connectivity index (χ0n) is 31.8. The van der Waals surface area contributed by atoms with E-state index in [1.54, 1.807) is 0 Å². The third-order valence-corrected chi connectivity index (χ3v) is 12.7. The molecule has 0 spiro atoms. The molecular formula is C53H34N4OS. The lowest BCUT2D eigenvalue weighted by Crippen LogP contribution is -2.00. The lowest BCUT2D eigenvalue weighted by Gasteiger charge is -2.11. The molecule has 5 nitrogen and oxygen atoms in total. The Kier molecular flexibility index (Phi) is 7.78. The van der Waals surface area contributed by atoms with Crippen LogP contribution in [0, 0.1) is 0 Å². The average molecular weight is 775 g/mol. The number of furan rings is 1.